The van der Waals surface area contributed by atoms with Crippen LogP contribution in [0.25, 0.3) is 0 Å². The van der Waals surface area contributed by atoms with Crippen molar-refractivity contribution in [2.45, 2.75) is 51.6 Å². The molecular weight excluding hydrogens is 166 g/mol. The van der Waals surface area contributed by atoms with Gasteiger partial charge < -0.3 is 10.5 Å². The van der Waals surface area contributed by atoms with Gasteiger partial charge in [-0.15, -0.1) is 0 Å². The molecule has 0 aliphatic heterocycles. The maximum absolute atomic E-state index is 10.6. The van der Waals surface area contributed by atoms with E-state index in [4.69, 9.17) is 10.5 Å². The molecule has 0 aromatic rings. The van der Waals surface area contributed by atoms with Crippen molar-refractivity contribution in [2.75, 3.05) is 0 Å². The Bertz CT molecular complexity index is 164. The van der Waals surface area contributed by atoms with E-state index in [0.29, 0.717) is 5.92 Å². The summed E-state index contributed by atoms with van der Waals surface area (Å²) in [7, 11) is 0. The van der Waals surface area contributed by atoms with Crippen molar-refractivity contribution in [3.8, 4) is 0 Å². The molecule has 1 aliphatic rings. The largest absolute Gasteiger partial charge is 0.446 e. The van der Waals surface area contributed by atoms with Gasteiger partial charge in [0, 0.05) is 0 Å². The molecule has 0 unspecified atom stereocenters. The molecule has 0 saturated heterocycles. The highest BCUT2D eigenvalue weighted by molar-refractivity contribution is 5.64. The molecule has 0 spiro atoms. The maximum Gasteiger partial charge on any atom is 0.404 e. The topological polar surface area (TPSA) is 52.3 Å². The molecule has 1 amide bonds. The first kappa shape index (κ1) is 10.4. The van der Waals surface area contributed by atoms with Gasteiger partial charge in [0.05, 0.1) is 0 Å². The Morgan fingerprint density at radius 3 is 2.54 bits per heavy atom. The summed E-state index contributed by atoms with van der Waals surface area (Å²) in [6.45, 7) is 2.04. The van der Waals surface area contributed by atoms with Crippen LogP contribution in [-0.4, -0.2) is 12.2 Å². The van der Waals surface area contributed by atoms with Gasteiger partial charge in [0.1, 0.15) is 6.10 Å². The number of hydrogen-bond acceptors (Lipinski definition) is 2. The third-order valence-corrected chi connectivity index (χ3v) is 2.85. The van der Waals surface area contributed by atoms with E-state index in [1.807, 2.05) is 6.92 Å². The van der Waals surface area contributed by atoms with E-state index in [1.165, 1.54) is 32.1 Å². The first-order valence-electron chi connectivity index (χ1n) is 5.20. The number of amides is 1. The number of rotatable bonds is 3. The molecule has 0 aromatic heterocycles. The number of ether oxygens (including phenoxy) is 1. The molecule has 0 aromatic carbocycles. The smallest absolute Gasteiger partial charge is 0.404 e. The number of carbonyl (C=O) groups excluding carboxylic acids is 1. The normalized spacial score (nSPS) is 21.0. The standard InChI is InChI=1S/C10H19NO2/c1-2-9(13-10(11)12)8-6-4-3-5-7-8/h8-9H,2-7H2,1H3,(H2,11,12)/t9-/m1/s1. The van der Waals surface area contributed by atoms with Gasteiger partial charge in [0.2, 0.25) is 0 Å². The monoisotopic (exact) mass is 185 g/mol. The molecular formula is C10H19NO2. The fraction of sp³-hybridized carbons (Fsp3) is 0.900. The van der Waals surface area contributed by atoms with Crippen molar-refractivity contribution < 1.29 is 9.53 Å². The lowest BCUT2D eigenvalue weighted by atomic mass is 9.84. The van der Waals surface area contributed by atoms with Crippen molar-refractivity contribution >= 4 is 6.09 Å². The van der Waals surface area contributed by atoms with Crippen molar-refractivity contribution in [3.05, 3.63) is 0 Å². The molecule has 1 fully saturated rings. The molecule has 3 nitrogen and oxygen atoms in total. The Morgan fingerprint density at radius 1 is 1.46 bits per heavy atom. The molecule has 0 bridgehead atoms. The lowest BCUT2D eigenvalue weighted by Gasteiger charge is -2.28. The number of hydrogen-bond donors (Lipinski definition) is 1. The molecule has 1 aliphatic carbocycles. The Hall–Kier alpha value is -0.730. The van der Waals surface area contributed by atoms with Gasteiger partial charge in [0.15, 0.2) is 0 Å². The third-order valence-electron chi connectivity index (χ3n) is 2.85. The lowest BCUT2D eigenvalue weighted by Crippen LogP contribution is -2.30. The summed E-state index contributed by atoms with van der Waals surface area (Å²) in [4.78, 5) is 10.6. The van der Waals surface area contributed by atoms with Crippen LogP contribution >= 0.6 is 0 Å². The fourth-order valence-electron chi connectivity index (χ4n) is 2.17. The van der Waals surface area contributed by atoms with Gasteiger partial charge in [-0.05, 0) is 25.2 Å². The van der Waals surface area contributed by atoms with E-state index >= 15 is 0 Å². The Labute approximate surface area is 79.6 Å². The summed E-state index contributed by atoms with van der Waals surface area (Å²) >= 11 is 0. The van der Waals surface area contributed by atoms with Crippen LogP contribution in [0.5, 0.6) is 0 Å². The van der Waals surface area contributed by atoms with Crippen LogP contribution in [0.15, 0.2) is 0 Å². The van der Waals surface area contributed by atoms with Gasteiger partial charge in [-0.2, -0.15) is 0 Å². The summed E-state index contributed by atoms with van der Waals surface area (Å²) in [5.74, 6) is 0.547. The van der Waals surface area contributed by atoms with E-state index in [-0.39, 0.29) is 6.10 Å². The lowest BCUT2D eigenvalue weighted by molar-refractivity contribution is 0.0518. The van der Waals surface area contributed by atoms with Gasteiger partial charge >= 0.3 is 6.09 Å². The van der Waals surface area contributed by atoms with Crippen molar-refractivity contribution in [2.24, 2.45) is 11.7 Å². The quantitative estimate of drug-likeness (QED) is 0.734. The van der Waals surface area contributed by atoms with Crippen LogP contribution in [0, 0.1) is 5.92 Å². The summed E-state index contributed by atoms with van der Waals surface area (Å²) in [6.07, 6.45) is 6.54. The summed E-state index contributed by atoms with van der Waals surface area (Å²) in [5.41, 5.74) is 5.01. The second kappa shape index (κ2) is 5.10. The van der Waals surface area contributed by atoms with Crippen LogP contribution in [0.3, 0.4) is 0 Å². The highest BCUT2D eigenvalue weighted by Gasteiger charge is 2.24. The van der Waals surface area contributed by atoms with Crippen molar-refractivity contribution in [3.63, 3.8) is 0 Å². The maximum atomic E-state index is 10.6. The molecule has 76 valence electrons. The highest BCUT2D eigenvalue weighted by atomic mass is 16.6. The van der Waals surface area contributed by atoms with Crippen LogP contribution < -0.4 is 5.73 Å². The summed E-state index contributed by atoms with van der Waals surface area (Å²) in [5, 5.41) is 0. The predicted octanol–water partition coefficient (Wildman–Crippen LogP) is 2.44. The zero-order valence-corrected chi connectivity index (χ0v) is 8.29. The van der Waals surface area contributed by atoms with Crippen LogP contribution in [0.2, 0.25) is 0 Å². The minimum Gasteiger partial charge on any atom is -0.446 e. The number of carbonyl (C=O) groups is 1. The van der Waals surface area contributed by atoms with E-state index in [0.717, 1.165) is 6.42 Å². The number of nitrogens with two attached hydrogens (primary N) is 1. The van der Waals surface area contributed by atoms with Crippen LogP contribution in [0.4, 0.5) is 4.79 Å². The highest BCUT2D eigenvalue weighted by Crippen LogP contribution is 2.29. The average molecular weight is 185 g/mol. The van der Waals surface area contributed by atoms with Crippen LogP contribution in [-0.2, 0) is 4.74 Å². The molecule has 2 N–H and O–H groups in total. The zero-order valence-electron chi connectivity index (χ0n) is 8.29. The third kappa shape index (κ3) is 3.25. The molecule has 13 heavy (non-hydrogen) atoms. The van der Waals surface area contributed by atoms with Crippen molar-refractivity contribution in [1.29, 1.82) is 0 Å². The van der Waals surface area contributed by atoms with Crippen LogP contribution in [0.1, 0.15) is 45.4 Å². The predicted molar refractivity (Wildman–Crippen MR) is 51.3 cm³/mol. The summed E-state index contributed by atoms with van der Waals surface area (Å²) in [6, 6.07) is 0. The molecule has 1 atom stereocenters. The first-order chi connectivity index (χ1) is 6.24. The van der Waals surface area contributed by atoms with Crippen molar-refractivity contribution in [1.82, 2.24) is 0 Å². The molecule has 0 heterocycles. The van der Waals surface area contributed by atoms with E-state index in [2.05, 4.69) is 0 Å². The van der Waals surface area contributed by atoms with Gasteiger partial charge in [-0.3, -0.25) is 0 Å². The molecule has 1 saturated carbocycles. The Morgan fingerprint density at radius 2 is 2.08 bits per heavy atom. The Balaban J connectivity index is 2.39. The van der Waals surface area contributed by atoms with E-state index in [9.17, 15) is 4.79 Å². The fourth-order valence-corrected chi connectivity index (χ4v) is 2.17. The second-order valence-electron chi connectivity index (χ2n) is 3.78. The molecule has 3 heteroatoms. The minimum atomic E-state index is -0.627. The second-order valence-corrected chi connectivity index (χ2v) is 3.78. The SMILES string of the molecule is CC[C@@H](OC(N)=O)C1CCCCC1. The first-order valence-corrected chi connectivity index (χ1v) is 5.20. The molecule has 0 radical (unpaired) electrons. The van der Waals surface area contributed by atoms with E-state index in [1.54, 1.807) is 0 Å². The number of primary amides is 1. The van der Waals surface area contributed by atoms with E-state index < -0.39 is 6.09 Å². The summed E-state index contributed by atoms with van der Waals surface area (Å²) < 4.78 is 5.08. The zero-order chi connectivity index (χ0) is 9.68. The average Bonchev–Trinajstić information content (AvgIpc) is 2.15. The van der Waals surface area contributed by atoms with Gasteiger partial charge in [-0.1, -0.05) is 26.2 Å². The van der Waals surface area contributed by atoms with Gasteiger partial charge in [0.25, 0.3) is 0 Å². The Kier molecular flexibility index (Phi) is 4.06. The van der Waals surface area contributed by atoms with Gasteiger partial charge in [-0.25, -0.2) is 4.79 Å². The molecule has 1 rings (SSSR count). The minimum absolute atomic E-state index is 0.0535.